The molecule has 4 aromatic rings. The lowest BCUT2D eigenvalue weighted by molar-refractivity contribution is 0.399. The Morgan fingerprint density at radius 2 is 1.97 bits per heavy atom. The molecule has 0 amide bonds. The van der Waals surface area contributed by atoms with Crippen molar-refractivity contribution in [2.24, 2.45) is 5.73 Å². The van der Waals surface area contributed by atoms with E-state index in [0.717, 1.165) is 84.8 Å². The first-order chi connectivity index (χ1) is 18.1. The molecule has 0 saturated carbocycles. The highest BCUT2D eigenvalue weighted by Gasteiger charge is 2.20. The van der Waals surface area contributed by atoms with Gasteiger partial charge in [0.15, 0.2) is 5.82 Å². The van der Waals surface area contributed by atoms with Crippen LogP contribution >= 0.6 is 0 Å². The Bertz CT molecular complexity index is 1390. The van der Waals surface area contributed by atoms with Crippen molar-refractivity contribution < 1.29 is 9.84 Å². The highest BCUT2D eigenvalue weighted by atomic mass is 16.5. The molecule has 0 spiro atoms. The van der Waals surface area contributed by atoms with Gasteiger partial charge in [0.1, 0.15) is 16.8 Å². The van der Waals surface area contributed by atoms with Crippen LogP contribution in [0, 0.1) is 0 Å². The molecule has 0 bridgehead atoms. The van der Waals surface area contributed by atoms with Crippen molar-refractivity contribution in [3.63, 3.8) is 0 Å². The molecule has 1 aliphatic rings. The van der Waals surface area contributed by atoms with Crippen LogP contribution in [0.1, 0.15) is 50.2 Å². The molecule has 1 aliphatic carbocycles. The molecule has 2 aromatic carbocycles. The number of anilines is 2. The van der Waals surface area contributed by atoms with Gasteiger partial charge in [-0.3, -0.25) is 0 Å². The summed E-state index contributed by atoms with van der Waals surface area (Å²) in [5, 5.41) is 11.6. The number of nitrogens with zero attached hydrogens (tertiary/aromatic N) is 3. The van der Waals surface area contributed by atoms with Gasteiger partial charge in [-0.15, -0.1) is 0 Å². The van der Waals surface area contributed by atoms with Gasteiger partial charge in [-0.25, -0.2) is 4.98 Å². The molecular formula is C29H38N6O2. The second-order valence-corrected chi connectivity index (χ2v) is 9.29. The van der Waals surface area contributed by atoms with Crippen molar-refractivity contribution in [2.45, 2.75) is 51.6 Å². The lowest BCUT2D eigenvalue weighted by Gasteiger charge is -2.20. The maximum Gasteiger partial charge on any atom is 0.222 e. The van der Waals surface area contributed by atoms with Crippen LogP contribution in [0.5, 0.6) is 5.75 Å². The van der Waals surface area contributed by atoms with E-state index in [9.17, 15) is 0 Å². The van der Waals surface area contributed by atoms with Gasteiger partial charge in [-0.1, -0.05) is 43.7 Å². The number of fused-ring (bicyclic) bond motifs is 3. The SMILES string of the molecule is CCCCNc1nc(N)nc2c3ccccc3n(Cc3cc(C4=CC(N)CCC4)ccc3OC)c12.CO. The van der Waals surface area contributed by atoms with E-state index in [-0.39, 0.29) is 12.0 Å². The molecule has 5 rings (SSSR count). The number of hydrogen-bond donors (Lipinski definition) is 4. The van der Waals surface area contributed by atoms with Gasteiger partial charge in [0, 0.05) is 30.6 Å². The number of ether oxygens (including phenoxy) is 1. The second kappa shape index (κ2) is 12.1. The molecule has 1 unspecified atom stereocenters. The summed E-state index contributed by atoms with van der Waals surface area (Å²) in [6.45, 7) is 3.63. The number of nitrogens with two attached hydrogens (primary N) is 2. The number of nitrogen functional groups attached to an aromatic ring is 1. The Kier molecular flexibility index (Phi) is 8.63. The van der Waals surface area contributed by atoms with Gasteiger partial charge >= 0.3 is 0 Å². The Hall–Kier alpha value is -3.62. The number of aromatic nitrogens is 3. The molecule has 0 saturated heterocycles. The topological polar surface area (TPSA) is 124 Å². The smallest absolute Gasteiger partial charge is 0.222 e. The predicted octanol–water partition coefficient (Wildman–Crippen LogP) is 4.94. The van der Waals surface area contributed by atoms with Crippen LogP contribution in [0.25, 0.3) is 27.5 Å². The number of rotatable bonds is 8. The third-order valence-electron chi connectivity index (χ3n) is 6.82. The zero-order chi connectivity index (χ0) is 26.4. The first-order valence-corrected chi connectivity index (χ1v) is 13.0. The summed E-state index contributed by atoms with van der Waals surface area (Å²) < 4.78 is 8.06. The predicted molar refractivity (Wildman–Crippen MR) is 153 cm³/mol. The number of unbranched alkanes of at least 4 members (excludes halogenated alkanes) is 1. The minimum Gasteiger partial charge on any atom is -0.496 e. The highest BCUT2D eigenvalue weighted by molar-refractivity contribution is 6.09. The number of benzene rings is 2. The number of allylic oxidation sites excluding steroid dienone is 1. The number of para-hydroxylation sites is 1. The fourth-order valence-electron chi connectivity index (χ4n) is 5.08. The highest BCUT2D eigenvalue weighted by Crippen LogP contribution is 2.35. The summed E-state index contributed by atoms with van der Waals surface area (Å²) in [6.07, 6.45) is 7.58. The first kappa shape index (κ1) is 26.4. The minimum atomic E-state index is 0.126. The molecule has 37 heavy (non-hydrogen) atoms. The second-order valence-electron chi connectivity index (χ2n) is 9.29. The van der Waals surface area contributed by atoms with Gasteiger partial charge in [0.25, 0.3) is 0 Å². The maximum absolute atomic E-state index is 7.00. The van der Waals surface area contributed by atoms with Crippen LogP contribution in [-0.2, 0) is 6.54 Å². The third kappa shape index (κ3) is 5.55. The van der Waals surface area contributed by atoms with E-state index in [1.54, 1.807) is 7.11 Å². The summed E-state index contributed by atoms with van der Waals surface area (Å²) in [6, 6.07) is 14.9. The number of hydrogen-bond acceptors (Lipinski definition) is 7. The Labute approximate surface area is 218 Å². The quantitative estimate of drug-likeness (QED) is 0.252. The van der Waals surface area contributed by atoms with Crippen molar-refractivity contribution in [3.8, 4) is 5.75 Å². The van der Waals surface area contributed by atoms with Crippen molar-refractivity contribution in [1.29, 1.82) is 0 Å². The Morgan fingerprint density at radius 3 is 2.73 bits per heavy atom. The molecular weight excluding hydrogens is 464 g/mol. The van der Waals surface area contributed by atoms with Crippen LogP contribution in [0.4, 0.5) is 11.8 Å². The fourth-order valence-corrected chi connectivity index (χ4v) is 5.08. The van der Waals surface area contributed by atoms with Crippen molar-refractivity contribution in [2.75, 3.05) is 31.8 Å². The van der Waals surface area contributed by atoms with Gasteiger partial charge < -0.3 is 31.2 Å². The van der Waals surface area contributed by atoms with E-state index in [4.69, 9.17) is 21.3 Å². The van der Waals surface area contributed by atoms with Crippen LogP contribution < -0.4 is 21.5 Å². The number of methoxy groups -OCH3 is 1. The van der Waals surface area contributed by atoms with E-state index in [2.05, 4.69) is 69.2 Å². The molecule has 8 nitrogen and oxygen atoms in total. The third-order valence-corrected chi connectivity index (χ3v) is 6.82. The van der Waals surface area contributed by atoms with Crippen LogP contribution in [0.15, 0.2) is 48.5 Å². The monoisotopic (exact) mass is 502 g/mol. The molecule has 0 radical (unpaired) electrons. The lowest BCUT2D eigenvalue weighted by Crippen LogP contribution is -2.20. The molecule has 0 aliphatic heterocycles. The average molecular weight is 503 g/mol. The molecule has 0 fully saturated rings. The van der Waals surface area contributed by atoms with Gasteiger partial charge in [0.2, 0.25) is 5.95 Å². The van der Waals surface area contributed by atoms with Gasteiger partial charge in [0.05, 0.1) is 19.2 Å². The van der Waals surface area contributed by atoms with E-state index in [1.165, 1.54) is 11.1 Å². The molecule has 1 atom stereocenters. The molecule has 196 valence electrons. The van der Waals surface area contributed by atoms with E-state index in [1.807, 2.05) is 6.07 Å². The summed E-state index contributed by atoms with van der Waals surface area (Å²) in [5.74, 6) is 1.91. The van der Waals surface area contributed by atoms with Crippen molar-refractivity contribution >= 4 is 39.3 Å². The fraction of sp³-hybridized carbons (Fsp3) is 0.379. The normalized spacial score (nSPS) is 15.3. The summed E-state index contributed by atoms with van der Waals surface area (Å²) in [7, 11) is 2.72. The Morgan fingerprint density at radius 1 is 1.16 bits per heavy atom. The number of aliphatic hydroxyl groups is 1. The standard InChI is InChI=1S/C28H34N6O.CH4O/c1-3-4-14-31-27-26-25(32-28(30)33-27)22-10-5-6-11-23(22)34(26)17-20-15-19(12-13-24(20)35-2)18-8-7-9-21(29)16-18;1-2/h5-6,10-13,15-16,21H,3-4,7-9,14,17,29H2,1-2H3,(H3,30,31,32,33);2H,1H3. The minimum absolute atomic E-state index is 0.126. The Balaban J connectivity index is 0.00000156. The number of aliphatic hydroxyl groups excluding tert-OH is 1. The zero-order valence-corrected chi connectivity index (χ0v) is 22.0. The summed E-state index contributed by atoms with van der Waals surface area (Å²) >= 11 is 0. The average Bonchev–Trinajstić information content (AvgIpc) is 3.23. The van der Waals surface area contributed by atoms with E-state index < -0.39 is 0 Å². The van der Waals surface area contributed by atoms with Crippen LogP contribution in [0.2, 0.25) is 0 Å². The largest absolute Gasteiger partial charge is 0.496 e. The van der Waals surface area contributed by atoms with E-state index >= 15 is 0 Å². The zero-order valence-electron chi connectivity index (χ0n) is 22.0. The first-order valence-electron chi connectivity index (χ1n) is 13.0. The van der Waals surface area contributed by atoms with Crippen molar-refractivity contribution in [3.05, 3.63) is 59.7 Å². The van der Waals surface area contributed by atoms with Crippen molar-refractivity contribution in [1.82, 2.24) is 14.5 Å². The summed E-state index contributed by atoms with van der Waals surface area (Å²) in [5.41, 5.74) is 18.9. The number of nitrogens with one attached hydrogen (secondary N) is 1. The molecule has 6 N–H and O–H groups in total. The molecule has 8 heteroatoms. The van der Waals surface area contributed by atoms with Gasteiger partial charge in [-0.2, -0.15) is 4.98 Å². The summed E-state index contributed by atoms with van der Waals surface area (Å²) in [4.78, 5) is 9.24. The van der Waals surface area contributed by atoms with Crippen LogP contribution in [-0.4, -0.2) is 46.4 Å². The van der Waals surface area contributed by atoms with Crippen LogP contribution in [0.3, 0.4) is 0 Å². The lowest BCUT2D eigenvalue weighted by atomic mass is 9.90. The van der Waals surface area contributed by atoms with Gasteiger partial charge in [-0.05, 0) is 55.0 Å². The van der Waals surface area contributed by atoms with E-state index in [0.29, 0.717) is 6.54 Å². The molecule has 2 aromatic heterocycles. The maximum atomic E-state index is 7.00. The molecule has 2 heterocycles.